The normalized spacial score (nSPS) is 20.1. The summed E-state index contributed by atoms with van der Waals surface area (Å²) < 4.78 is 52.9. The Morgan fingerprint density at radius 1 is 1.06 bits per heavy atom. The van der Waals surface area contributed by atoms with Gasteiger partial charge in [-0.25, -0.2) is 0 Å². The molecule has 1 aromatic heterocycles. The number of hydrogen-bond acceptors (Lipinski definition) is 6. The SMILES string of the molecule is CCCCCCn1cc(-c2ccc(OC(F)(F)F)c(CN3CCC([C@H]4CCc5ccc([C@H](C6CC6)[C@H](C)C(=O)O)cc5O4)CC3)c2)nn1. The second-order valence-corrected chi connectivity index (χ2v) is 14.0. The second kappa shape index (κ2) is 14.9. The van der Waals surface area contributed by atoms with Gasteiger partial charge in [0, 0.05) is 24.2 Å². The van der Waals surface area contributed by atoms with Gasteiger partial charge in [-0.1, -0.05) is 50.5 Å². The third-order valence-electron chi connectivity index (χ3n) is 10.4. The molecule has 1 aliphatic carbocycles. The molecule has 3 aliphatic rings. The van der Waals surface area contributed by atoms with Crippen molar-refractivity contribution in [2.75, 3.05) is 13.1 Å². The first-order chi connectivity index (χ1) is 23.1. The maximum atomic E-state index is 13.3. The maximum absolute atomic E-state index is 13.3. The van der Waals surface area contributed by atoms with Crippen molar-refractivity contribution < 1.29 is 32.5 Å². The number of aliphatic carboxylic acids is 1. The zero-order valence-electron chi connectivity index (χ0n) is 27.9. The van der Waals surface area contributed by atoms with E-state index in [1.54, 1.807) is 23.7 Å². The Balaban J connectivity index is 1.09. The number of fused-ring (bicyclic) bond motifs is 1. The van der Waals surface area contributed by atoms with Crippen LogP contribution >= 0.6 is 0 Å². The number of carboxylic acids is 1. The molecule has 3 heterocycles. The van der Waals surface area contributed by atoms with Crippen molar-refractivity contribution in [3.63, 3.8) is 0 Å². The number of rotatable bonds is 14. The standard InChI is InChI=1S/C37H47F3N4O4/c1-3-4-5-6-17-44-23-31(41-42-44)28-12-14-33(48-37(38,39)40)30(20-28)22-43-18-15-26(16-19-43)32-13-11-25-7-10-29(21-34(25)47-32)35(27-8-9-27)24(2)36(45)46/h7,10,12,14,20-21,23-24,26-27,32,35H,3-6,8-9,11,13,15-19,22H2,1-2H3,(H,45,46)/t24-,32+,35-/m0/s1. The van der Waals surface area contributed by atoms with Gasteiger partial charge in [0.1, 0.15) is 23.3 Å². The molecule has 2 aromatic carbocycles. The zero-order valence-corrected chi connectivity index (χ0v) is 27.9. The number of halogens is 3. The van der Waals surface area contributed by atoms with Gasteiger partial charge >= 0.3 is 12.3 Å². The van der Waals surface area contributed by atoms with Gasteiger partial charge in [-0.15, -0.1) is 18.3 Å². The Bertz CT molecular complexity index is 1550. The Morgan fingerprint density at radius 3 is 2.56 bits per heavy atom. The molecular formula is C37H47F3N4O4. The Morgan fingerprint density at radius 2 is 1.85 bits per heavy atom. The molecule has 0 bridgehead atoms. The zero-order chi connectivity index (χ0) is 33.8. The molecule has 3 atom stereocenters. The average Bonchev–Trinajstić information content (AvgIpc) is 3.78. The average molecular weight is 669 g/mol. The largest absolute Gasteiger partial charge is 0.573 e. The van der Waals surface area contributed by atoms with Crippen molar-refractivity contribution in [1.29, 1.82) is 0 Å². The summed E-state index contributed by atoms with van der Waals surface area (Å²) in [6.07, 6.45) is 7.28. The highest BCUT2D eigenvalue weighted by molar-refractivity contribution is 5.71. The lowest BCUT2D eigenvalue weighted by Crippen LogP contribution is -2.40. The van der Waals surface area contributed by atoms with E-state index in [0.717, 1.165) is 88.7 Å². The summed E-state index contributed by atoms with van der Waals surface area (Å²) in [5.74, 6) is 0.210. The highest BCUT2D eigenvalue weighted by Gasteiger charge is 2.40. The van der Waals surface area contributed by atoms with Crippen LogP contribution in [0, 0.1) is 17.8 Å². The van der Waals surface area contributed by atoms with Gasteiger partial charge in [-0.05, 0) is 111 Å². The molecule has 1 saturated carbocycles. The Hall–Kier alpha value is -3.60. The number of ether oxygens (including phenoxy) is 2. The van der Waals surface area contributed by atoms with Crippen molar-refractivity contribution in [1.82, 2.24) is 19.9 Å². The van der Waals surface area contributed by atoms with E-state index in [4.69, 9.17) is 4.74 Å². The van der Waals surface area contributed by atoms with Gasteiger partial charge < -0.3 is 14.6 Å². The summed E-state index contributed by atoms with van der Waals surface area (Å²) in [6.45, 7) is 6.53. The lowest BCUT2D eigenvalue weighted by molar-refractivity contribution is -0.275. The molecule has 0 spiro atoms. The monoisotopic (exact) mass is 668 g/mol. The number of hydrogen-bond donors (Lipinski definition) is 1. The van der Waals surface area contributed by atoms with Crippen LogP contribution in [0.4, 0.5) is 13.2 Å². The Kier molecular flexibility index (Phi) is 10.6. The van der Waals surface area contributed by atoms with E-state index in [-0.39, 0.29) is 17.8 Å². The van der Waals surface area contributed by atoms with Crippen molar-refractivity contribution in [2.24, 2.45) is 17.8 Å². The summed E-state index contributed by atoms with van der Waals surface area (Å²) in [6, 6.07) is 11.0. The number of likely N-dealkylation sites (tertiary alicyclic amines) is 1. The molecule has 0 radical (unpaired) electrons. The molecule has 6 rings (SSSR count). The summed E-state index contributed by atoms with van der Waals surface area (Å²) in [5.41, 5.74) is 4.03. The molecule has 260 valence electrons. The Labute approximate surface area is 280 Å². The lowest BCUT2D eigenvalue weighted by atomic mass is 9.81. The maximum Gasteiger partial charge on any atom is 0.573 e. The summed E-state index contributed by atoms with van der Waals surface area (Å²) in [7, 11) is 0. The van der Waals surface area contributed by atoms with Crippen LogP contribution in [0.5, 0.6) is 11.5 Å². The first kappa shape index (κ1) is 34.3. The fraction of sp³-hybridized carbons (Fsp3) is 0.595. The molecule has 48 heavy (non-hydrogen) atoms. The van der Waals surface area contributed by atoms with Crippen molar-refractivity contribution in [3.8, 4) is 22.8 Å². The van der Waals surface area contributed by atoms with Gasteiger partial charge in [0.05, 0.1) is 12.1 Å². The molecule has 8 nitrogen and oxygen atoms in total. The van der Waals surface area contributed by atoms with E-state index in [1.165, 1.54) is 18.1 Å². The van der Waals surface area contributed by atoms with Crippen LogP contribution in [0.25, 0.3) is 11.3 Å². The second-order valence-electron chi connectivity index (χ2n) is 14.0. The number of carboxylic acid groups (broad SMARTS) is 1. The van der Waals surface area contributed by atoms with Crippen LogP contribution < -0.4 is 9.47 Å². The third kappa shape index (κ3) is 8.51. The summed E-state index contributed by atoms with van der Waals surface area (Å²) in [5, 5.41) is 18.3. The molecule has 0 amide bonds. The van der Waals surface area contributed by atoms with Crippen LogP contribution in [0.15, 0.2) is 42.6 Å². The van der Waals surface area contributed by atoms with Crippen LogP contribution in [0.3, 0.4) is 0 Å². The van der Waals surface area contributed by atoms with Crippen molar-refractivity contribution >= 4 is 5.97 Å². The van der Waals surface area contributed by atoms with Gasteiger partial charge in [-0.2, -0.15) is 0 Å². The van der Waals surface area contributed by atoms with E-state index in [9.17, 15) is 23.1 Å². The van der Waals surface area contributed by atoms with Crippen LogP contribution in [0.2, 0.25) is 0 Å². The van der Waals surface area contributed by atoms with E-state index in [0.29, 0.717) is 35.2 Å². The molecule has 1 saturated heterocycles. The number of nitrogens with zero attached hydrogens (tertiary/aromatic N) is 4. The molecule has 0 unspecified atom stereocenters. The van der Waals surface area contributed by atoms with Gasteiger partial charge in [0.25, 0.3) is 0 Å². The first-order valence-electron chi connectivity index (χ1n) is 17.6. The minimum Gasteiger partial charge on any atom is -0.490 e. The van der Waals surface area contributed by atoms with Gasteiger partial charge in [-0.3, -0.25) is 14.4 Å². The smallest absolute Gasteiger partial charge is 0.490 e. The topological polar surface area (TPSA) is 89.7 Å². The third-order valence-corrected chi connectivity index (χ3v) is 10.4. The quantitative estimate of drug-likeness (QED) is 0.173. The van der Waals surface area contributed by atoms with E-state index in [1.807, 2.05) is 6.20 Å². The molecule has 2 aliphatic heterocycles. The fourth-order valence-electron chi connectivity index (χ4n) is 7.58. The predicted octanol–water partition coefficient (Wildman–Crippen LogP) is 8.24. The number of aryl methyl sites for hydroxylation is 2. The minimum atomic E-state index is -4.79. The van der Waals surface area contributed by atoms with Gasteiger partial charge in [0.2, 0.25) is 0 Å². The molecular weight excluding hydrogens is 621 g/mol. The van der Waals surface area contributed by atoms with Gasteiger partial charge in [0.15, 0.2) is 0 Å². The molecule has 3 aromatic rings. The first-order valence-corrected chi connectivity index (χ1v) is 17.6. The van der Waals surface area contributed by atoms with Crippen molar-refractivity contribution in [3.05, 3.63) is 59.3 Å². The molecule has 1 N–H and O–H groups in total. The number of benzene rings is 2. The fourth-order valence-corrected chi connectivity index (χ4v) is 7.58. The molecule has 2 fully saturated rings. The number of unbranched alkanes of at least 4 members (excludes halogenated alkanes) is 3. The lowest BCUT2D eigenvalue weighted by Gasteiger charge is -2.38. The minimum absolute atomic E-state index is 0.00718. The van der Waals surface area contributed by atoms with Crippen LogP contribution in [-0.2, 0) is 24.3 Å². The number of carbonyl (C=O) groups is 1. The number of piperidine rings is 1. The van der Waals surface area contributed by atoms with E-state index in [2.05, 4.69) is 45.1 Å². The van der Waals surface area contributed by atoms with E-state index < -0.39 is 18.2 Å². The number of aromatic nitrogens is 3. The van der Waals surface area contributed by atoms with Crippen LogP contribution in [-0.4, -0.2) is 56.5 Å². The predicted molar refractivity (Wildman–Crippen MR) is 176 cm³/mol. The number of alkyl halides is 3. The van der Waals surface area contributed by atoms with Crippen molar-refractivity contribution in [2.45, 2.75) is 110 Å². The van der Waals surface area contributed by atoms with E-state index >= 15 is 0 Å². The summed E-state index contributed by atoms with van der Waals surface area (Å²) in [4.78, 5) is 14.0. The highest BCUT2D eigenvalue weighted by atomic mass is 19.4. The molecule has 11 heteroatoms. The highest BCUT2D eigenvalue weighted by Crippen LogP contribution is 2.48. The van der Waals surface area contributed by atoms with Crippen LogP contribution in [0.1, 0.15) is 94.2 Å². The summed E-state index contributed by atoms with van der Waals surface area (Å²) >= 11 is 0.